The molecular weight excluding hydrogens is 249 g/mol. The summed E-state index contributed by atoms with van der Waals surface area (Å²) in [6, 6.07) is 6.31. The van der Waals surface area contributed by atoms with Crippen LogP contribution in [0.1, 0.15) is 24.3 Å². The molecule has 2 atom stereocenters. The van der Waals surface area contributed by atoms with Gasteiger partial charge in [0, 0.05) is 21.8 Å². The molecule has 0 amide bonds. The van der Waals surface area contributed by atoms with E-state index in [0.717, 1.165) is 22.8 Å². The summed E-state index contributed by atoms with van der Waals surface area (Å²) < 4.78 is 0. The Morgan fingerprint density at radius 2 is 2.27 bits per heavy atom. The lowest BCUT2D eigenvalue weighted by atomic mass is 10.2. The summed E-state index contributed by atoms with van der Waals surface area (Å²) >= 11 is 13.9. The number of benzene rings is 1. The standard InChI is InChI=1S/C11H13Cl2NS/c1-2-8-6-15-11(14-8)9-4-3-7(12)5-10(9)13/h3-5,8,11,14H,2,6H2,1H3. The second-order valence-corrected chi connectivity index (χ2v) is 5.63. The number of halogens is 2. The van der Waals surface area contributed by atoms with Crippen LogP contribution in [0, 0.1) is 0 Å². The summed E-state index contributed by atoms with van der Waals surface area (Å²) in [6.07, 6.45) is 1.16. The molecule has 1 nitrogen and oxygen atoms in total. The first-order valence-electron chi connectivity index (χ1n) is 5.03. The maximum absolute atomic E-state index is 6.16. The Bertz CT molecular complexity index is 356. The Labute approximate surface area is 105 Å². The van der Waals surface area contributed by atoms with Gasteiger partial charge in [0.05, 0.1) is 5.37 Å². The molecule has 1 aliphatic heterocycles. The number of hydrogen-bond donors (Lipinski definition) is 1. The monoisotopic (exact) mass is 261 g/mol. The van der Waals surface area contributed by atoms with Crippen molar-refractivity contribution in [1.29, 1.82) is 0 Å². The summed E-state index contributed by atoms with van der Waals surface area (Å²) in [5.74, 6) is 1.15. The van der Waals surface area contributed by atoms with Crippen LogP contribution in [0.25, 0.3) is 0 Å². The Kier molecular flexibility index (Phi) is 3.83. The lowest BCUT2D eigenvalue weighted by molar-refractivity contribution is 0.561. The molecule has 4 heteroatoms. The van der Waals surface area contributed by atoms with E-state index in [9.17, 15) is 0 Å². The highest BCUT2D eigenvalue weighted by atomic mass is 35.5. The van der Waals surface area contributed by atoms with Gasteiger partial charge in [-0.3, -0.25) is 5.32 Å². The van der Waals surface area contributed by atoms with Crippen LogP contribution in [-0.2, 0) is 0 Å². The van der Waals surface area contributed by atoms with Crippen LogP contribution in [0.3, 0.4) is 0 Å². The lowest BCUT2D eigenvalue weighted by Gasteiger charge is -2.13. The Morgan fingerprint density at radius 1 is 1.47 bits per heavy atom. The van der Waals surface area contributed by atoms with Crippen molar-refractivity contribution in [1.82, 2.24) is 5.32 Å². The number of rotatable bonds is 2. The highest BCUT2D eigenvalue weighted by Crippen LogP contribution is 2.37. The Morgan fingerprint density at radius 3 is 2.87 bits per heavy atom. The summed E-state index contributed by atoms with van der Waals surface area (Å²) in [5.41, 5.74) is 1.14. The fourth-order valence-corrected chi connectivity index (χ4v) is 3.66. The molecule has 1 heterocycles. The van der Waals surface area contributed by atoms with Gasteiger partial charge in [-0.2, -0.15) is 0 Å². The molecule has 0 spiro atoms. The molecule has 82 valence electrons. The molecule has 2 unspecified atom stereocenters. The van der Waals surface area contributed by atoms with Gasteiger partial charge in [0.2, 0.25) is 0 Å². The summed E-state index contributed by atoms with van der Waals surface area (Å²) in [5, 5.41) is 5.32. The highest BCUT2D eigenvalue weighted by Gasteiger charge is 2.25. The van der Waals surface area contributed by atoms with Crippen molar-refractivity contribution in [3.8, 4) is 0 Å². The molecule has 15 heavy (non-hydrogen) atoms. The molecule has 1 fully saturated rings. The first kappa shape index (κ1) is 11.6. The van der Waals surface area contributed by atoms with Gasteiger partial charge in [-0.25, -0.2) is 0 Å². The second-order valence-electron chi connectivity index (χ2n) is 3.65. The van der Waals surface area contributed by atoms with Crippen molar-refractivity contribution in [3.05, 3.63) is 33.8 Å². The van der Waals surface area contributed by atoms with Crippen LogP contribution in [0.4, 0.5) is 0 Å². The fraction of sp³-hybridized carbons (Fsp3) is 0.455. The van der Waals surface area contributed by atoms with Crippen LogP contribution >= 0.6 is 35.0 Å². The molecule has 1 aromatic carbocycles. The minimum Gasteiger partial charge on any atom is -0.298 e. The van der Waals surface area contributed by atoms with Gasteiger partial charge >= 0.3 is 0 Å². The molecule has 1 saturated heterocycles. The topological polar surface area (TPSA) is 12.0 Å². The van der Waals surface area contributed by atoms with E-state index in [-0.39, 0.29) is 0 Å². The fourth-order valence-electron chi connectivity index (χ4n) is 1.65. The molecule has 1 N–H and O–H groups in total. The maximum Gasteiger partial charge on any atom is 0.0806 e. The normalized spacial score (nSPS) is 25.8. The van der Waals surface area contributed by atoms with Crippen LogP contribution in [0.15, 0.2) is 18.2 Å². The number of thioether (sulfide) groups is 1. The van der Waals surface area contributed by atoms with Crippen molar-refractivity contribution >= 4 is 35.0 Å². The highest BCUT2D eigenvalue weighted by molar-refractivity contribution is 7.99. The average Bonchev–Trinajstić information content (AvgIpc) is 2.66. The van der Waals surface area contributed by atoms with E-state index in [2.05, 4.69) is 12.2 Å². The van der Waals surface area contributed by atoms with Gasteiger partial charge in [-0.1, -0.05) is 36.2 Å². The van der Waals surface area contributed by atoms with Gasteiger partial charge < -0.3 is 0 Å². The van der Waals surface area contributed by atoms with E-state index in [4.69, 9.17) is 23.2 Å². The third-order valence-electron chi connectivity index (χ3n) is 2.59. The third kappa shape index (κ3) is 2.62. The van der Waals surface area contributed by atoms with Crippen molar-refractivity contribution in [2.24, 2.45) is 0 Å². The first-order chi connectivity index (χ1) is 7.20. The van der Waals surface area contributed by atoms with Crippen molar-refractivity contribution in [3.63, 3.8) is 0 Å². The van der Waals surface area contributed by atoms with Crippen molar-refractivity contribution in [2.75, 3.05) is 5.75 Å². The zero-order chi connectivity index (χ0) is 10.8. The molecule has 1 aliphatic rings. The molecular formula is C11H13Cl2NS. The van der Waals surface area contributed by atoms with Crippen LogP contribution < -0.4 is 5.32 Å². The first-order valence-corrected chi connectivity index (χ1v) is 6.83. The van der Waals surface area contributed by atoms with Gasteiger partial charge in [0.25, 0.3) is 0 Å². The molecule has 0 radical (unpaired) electrons. The summed E-state index contributed by atoms with van der Waals surface area (Å²) in [4.78, 5) is 0. The minimum atomic E-state index is 0.319. The predicted octanol–water partition coefficient (Wildman–Crippen LogP) is 4.11. The van der Waals surface area contributed by atoms with Crippen LogP contribution in [0.2, 0.25) is 10.0 Å². The zero-order valence-electron chi connectivity index (χ0n) is 8.47. The van der Waals surface area contributed by atoms with Gasteiger partial charge in [0.15, 0.2) is 0 Å². The SMILES string of the molecule is CCC1CSC(c2ccc(Cl)cc2Cl)N1. The summed E-state index contributed by atoms with van der Waals surface area (Å²) in [6.45, 7) is 2.20. The molecule has 0 aliphatic carbocycles. The van der Waals surface area contributed by atoms with E-state index in [0.29, 0.717) is 16.4 Å². The Hall–Kier alpha value is 0.110. The summed E-state index contributed by atoms with van der Waals surface area (Å²) in [7, 11) is 0. The van der Waals surface area contributed by atoms with Gasteiger partial charge in [-0.15, -0.1) is 11.8 Å². The third-order valence-corrected chi connectivity index (χ3v) is 4.47. The largest absolute Gasteiger partial charge is 0.298 e. The number of hydrogen-bond acceptors (Lipinski definition) is 2. The molecule has 0 aromatic heterocycles. The van der Waals surface area contributed by atoms with Crippen molar-refractivity contribution < 1.29 is 0 Å². The number of nitrogens with one attached hydrogen (secondary N) is 1. The minimum absolute atomic E-state index is 0.319. The van der Waals surface area contributed by atoms with Crippen LogP contribution in [0.5, 0.6) is 0 Å². The molecule has 0 bridgehead atoms. The van der Waals surface area contributed by atoms with Crippen LogP contribution in [-0.4, -0.2) is 11.8 Å². The maximum atomic E-state index is 6.16. The van der Waals surface area contributed by atoms with E-state index in [1.165, 1.54) is 0 Å². The lowest BCUT2D eigenvalue weighted by Crippen LogP contribution is -2.24. The van der Waals surface area contributed by atoms with E-state index in [1.54, 1.807) is 6.07 Å². The Balaban J connectivity index is 2.17. The van der Waals surface area contributed by atoms with E-state index in [1.807, 2.05) is 23.9 Å². The second kappa shape index (κ2) is 4.96. The van der Waals surface area contributed by atoms with Crippen molar-refractivity contribution in [2.45, 2.75) is 24.8 Å². The van der Waals surface area contributed by atoms with Gasteiger partial charge in [0.1, 0.15) is 0 Å². The molecule has 0 saturated carbocycles. The zero-order valence-corrected chi connectivity index (χ0v) is 10.8. The molecule has 1 aromatic rings. The predicted molar refractivity (Wildman–Crippen MR) is 68.9 cm³/mol. The smallest absolute Gasteiger partial charge is 0.0806 e. The van der Waals surface area contributed by atoms with E-state index < -0.39 is 0 Å². The quantitative estimate of drug-likeness (QED) is 0.860. The molecule has 2 rings (SSSR count). The van der Waals surface area contributed by atoms with E-state index >= 15 is 0 Å². The average molecular weight is 262 g/mol. The van der Waals surface area contributed by atoms with Gasteiger partial charge in [-0.05, 0) is 24.1 Å².